The average Bonchev–Trinajstić information content (AvgIpc) is 2.63. The highest BCUT2D eigenvalue weighted by Crippen LogP contribution is 1.98. The molecule has 0 saturated heterocycles. The smallest absolute Gasteiger partial charge is 0.0697 e. The normalized spacial score (nSPS) is 10.8. The van der Waals surface area contributed by atoms with Crippen LogP contribution in [-0.4, -0.2) is 36.0 Å². The zero-order valence-electron chi connectivity index (χ0n) is 9.28. The molecule has 4 nitrogen and oxygen atoms in total. The number of nitrogens with one attached hydrogen (secondary N) is 1. The minimum absolute atomic E-state index is 0.109. The van der Waals surface area contributed by atoms with E-state index in [1.165, 1.54) is 5.56 Å². The van der Waals surface area contributed by atoms with Crippen molar-refractivity contribution in [2.75, 3.05) is 26.4 Å². The molecule has 0 spiro atoms. The maximum atomic E-state index is 8.48. The van der Waals surface area contributed by atoms with Crippen LogP contribution in [0.4, 0.5) is 0 Å². The van der Waals surface area contributed by atoms with E-state index in [9.17, 15) is 0 Å². The van der Waals surface area contributed by atoms with Gasteiger partial charge in [-0.05, 0) is 24.6 Å². The number of aryl methyl sites for hydroxylation is 1. The molecule has 0 amide bonds. The van der Waals surface area contributed by atoms with Crippen LogP contribution in [0.1, 0.15) is 12.0 Å². The van der Waals surface area contributed by atoms with E-state index in [1.807, 2.05) is 17.8 Å². The van der Waals surface area contributed by atoms with Gasteiger partial charge >= 0.3 is 0 Å². The first kappa shape index (κ1) is 12.2. The molecule has 0 aliphatic heterocycles. The first-order chi connectivity index (χ1) is 7.33. The summed E-state index contributed by atoms with van der Waals surface area (Å²) in [6.45, 7) is 3.11. The molecule has 0 fully saturated rings. The molecular formula is C11H20N2O2. The van der Waals surface area contributed by atoms with E-state index >= 15 is 0 Å². The van der Waals surface area contributed by atoms with Crippen molar-refractivity contribution in [1.82, 2.24) is 9.88 Å². The molecule has 0 unspecified atom stereocenters. The lowest BCUT2D eigenvalue weighted by atomic mass is 10.3. The van der Waals surface area contributed by atoms with E-state index in [4.69, 9.17) is 9.84 Å². The van der Waals surface area contributed by atoms with Crippen molar-refractivity contribution in [3.63, 3.8) is 0 Å². The molecule has 0 atom stereocenters. The quantitative estimate of drug-likeness (QED) is 0.617. The summed E-state index contributed by atoms with van der Waals surface area (Å²) in [6.07, 6.45) is 5.13. The molecule has 1 aromatic rings. The first-order valence-electron chi connectivity index (χ1n) is 5.33. The van der Waals surface area contributed by atoms with Gasteiger partial charge in [0.25, 0.3) is 0 Å². The Labute approximate surface area is 90.9 Å². The maximum absolute atomic E-state index is 8.48. The van der Waals surface area contributed by atoms with Crippen LogP contribution in [-0.2, 0) is 18.3 Å². The molecule has 1 rings (SSSR count). The van der Waals surface area contributed by atoms with Crippen molar-refractivity contribution in [3.05, 3.63) is 24.0 Å². The summed E-state index contributed by atoms with van der Waals surface area (Å²) in [5.41, 5.74) is 1.30. The summed E-state index contributed by atoms with van der Waals surface area (Å²) >= 11 is 0. The lowest BCUT2D eigenvalue weighted by Gasteiger charge is -2.03. The highest BCUT2D eigenvalue weighted by molar-refractivity contribution is 5.09. The Kier molecular flexibility index (Phi) is 6.08. The van der Waals surface area contributed by atoms with Crippen molar-refractivity contribution < 1.29 is 9.84 Å². The summed E-state index contributed by atoms with van der Waals surface area (Å²) in [5.74, 6) is 0. The van der Waals surface area contributed by atoms with Gasteiger partial charge in [0.2, 0.25) is 0 Å². The zero-order valence-corrected chi connectivity index (χ0v) is 9.28. The molecule has 1 aromatic heterocycles. The highest BCUT2D eigenvalue weighted by Gasteiger charge is 1.93. The molecule has 0 bridgehead atoms. The molecule has 0 aromatic carbocycles. The van der Waals surface area contributed by atoms with Crippen molar-refractivity contribution in [2.24, 2.45) is 7.05 Å². The van der Waals surface area contributed by atoms with Crippen molar-refractivity contribution >= 4 is 0 Å². The Balaban J connectivity index is 1.93. The second-order valence-electron chi connectivity index (χ2n) is 3.55. The standard InChI is InChI=1S/C11H20N2O2/c1-13-5-3-11(10-13)9-12-4-2-7-15-8-6-14/h3,5,10,12,14H,2,4,6-9H2,1H3. The second kappa shape index (κ2) is 7.45. The fourth-order valence-corrected chi connectivity index (χ4v) is 1.36. The number of aromatic nitrogens is 1. The van der Waals surface area contributed by atoms with Gasteiger partial charge in [0, 0.05) is 32.6 Å². The van der Waals surface area contributed by atoms with Crippen LogP contribution in [0.3, 0.4) is 0 Å². The van der Waals surface area contributed by atoms with Gasteiger partial charge in [-0.1, -0.05) is 0 Å². The third-order valence-electron chi connectivity index (χ3n) is 2.10. The van der Waals surface area contributed by atoms with Crippen LogP contribution in [0, 0.1) is 0 Å². The van der Waals surface area contributed by atoms with E-state index in [0.717, 1.165) is 19.5 Å². The monoisotopic (exact) mass is 212 g/mol. The number of aliphatic hydroxyl groups excluding tert-OH is 1. The first-order valence-corrected chi connectivity index (χ1v) is 5.33. The Bertz CT molecular complexity index is 261. The van der Waals surface area contributed by atoms with Crippen molar-refractivity contribution in [1.29, 1.82) is 0 Å². The summed E-state index contributed by atoms with van der Waals surface area (Å²) in [4.78, 5) is 0. The zero-order chi connectivity index (χ0) is 10.9. The predicted octanol–water partition coefficient (Wildman–Crippen LogP) is 0.514. The minimum atomic E-state index is 0.109. The van der Waals surface area contributed by atoms with E-state index < -0.39 is 0 Å². The van der Waals surface area contributed by atoms with E-state index in [-0.39, 0.29) is 6.61 Å². The third kappa shape index (κ3) is 5.57. The summed E-state index contributed by atoms with van der Waals surface area (Å²) in [6, 6.07) is 2.11. The van der Waals surface area contributed by atoms with Crippen LogP contribution >= 0.6 is 0 Å². The van der Waals surface area contributed by atoms with E-state index in [2.05, 4.69) is 17.6 Å². The van der Waals surface area contributed by atoms with Crippen LogP contribution in [0.25, 0.3) is 0 Å². The summed E-state index contributed by atoms with van der Waals surface area (Å²) < 4.78 is 7.19. The Morgan fingerprint density at radius 1 is 1.47 bits per heavy atom. The summed E-state index contributed by atoms with van der Waals surface area (Å²) in [7, 11) is 2.02. The van der Waals surface area contributed by atoms with Gasteiger partial charge in [0.1, 0.15) is 0 Å². The molecular weight excluding hydrogens is 192 g/mol. The lowest BCUT2D eigenvalue weighted by molar-refractivity contribution is 0.0907. The SMILES string of the molecule is Cn1ccc(CNCCCOCCO)c1. The number of rotatable bonds is 8. The van der Waals surface area contributed by atoms with Crippen LogP contribution in [0.5, 0.6) is 0 Å². The lowest BCUT2D eigenvalue weighted by Crippen LogP contribution is -2.16. The van der Waals surface area contributed by atoms with Gasteiger partial charge in [-0.3, -0.25) is 0 Å². The van der Waals surface area contributed by atoms with Gasteiger partial charge < -0.3 is 19.7 Å². The third-order valence-corrected chi connectivity index (χ3v) is 2.10. The fraction of sp³-hybridized carbons (Fsp3) is 0.636. The molecule has 86 valence electrons. The Hall–Kier alpha value is -0.840. The largest absolute Gasteiger partial charge is 0.394 e. The van der Waals surface area contributed by atoms with Crippen molar-refractivity contribution in [3.8, 4) is 0 Å². The van der Waals surface area contributed by atoms with Crippen LogP contribution < -0.4 is 5.32 Å². The number of hydrogen-bond donors (Lipinski definition) is 2. The average molecular weight is 212 g/mol. The van der Waals surface area contributed by atoms with Gasteiger partial charge in [0.15, 0.2) is 0 Å². The van der Waals surface area contributed by atoms with Crippen LogP contribution in [0.15, 0.2) is 18.5 Å². The van der Waals surface area contributed by atoms with Gasteiger partial charge in [-0.2, -0.15) is 0 Å². The fourth-order valence-electron chi connectivity index (χ4n) is 1.36. The second-order valence-corrected chi connectivity index (χ2v) is 3.55. The molecule has 2 N–H and O–H groups in total. The van der Waals surface area contributed by atoms with E-state index in [0.29, 0.717) is 13.2 Å². The highest BCUT2D eigenvalue weighted by atomic mass is 16.5. The Morgan fingerprint density at radius 2 is 2.33 bits per heavy atom. The molecule has 0 radical (unpaired) electrons. The van der Waals surface area contributed by atoms with Gasteiger partial charge in [-0.25, -0.2) is 0 Å². The number of nitrogens with zero attached hydrogens (tertiary/aromatic N) is 1. The molecule has 0 aliphatic carbocycles. The van der Waals surface area contributed by atoms with Gasteiger partial charge in [0.05, 0.1) is 13.2 Å². The Morgan fingerprint density at radius 3 is 3.00 bits per heavy atom. The summed E-state index contributed by atoms with van der Waals surface area (Å²) in [5, 5.41) is 11.8. The molecule has 4 heteroatoms. The van der Waals surface area contributed by atoms with E-state index in [1.54, 1.807) is 0 Å². The predicted molar refractivity (Wildman–Crippen MR) is 59.6 cm³/mol. The number of aliphatic hydroxyl groups is 1. The molecule has 0 aliphatic rings. The molecule has 15 heavy (non-hydrogen) atoms. The van der Waals surface area contributed by atoms with Crippen molar-refractivity contribution in [2.45, 2.75) is 13.0 Å². The van der Waals surface area contributed by atoms with Crippen LogP contribution in [0.2, 0.25) is 0 Å². The van der Waals surface area contributed by atoms with Gasteiger partial charge in [-0.15, -0.1) is 0 Å². The minimum Gasteiger partial charge on any atom is -0.394 e. The topological polar surface area (TPSA) is 46.4 Å². The maximum Gasteiger partial charge on any atom is 0.0697 e. The number of hydrogen-bond acceptors (Lipinski definition) is 3. The number of ether oxygens (including phenoxy) is 1. The molecule has 0 saturated carbocycles. The molecule has 1 heterocycles.